The quantitative estimate of drug-likeness (QED) is 0.530. The van der Waals surface area contributed by atoms with Crippen LogP contribution in [0.5, 0.6) is 0 Å². The van der Waals surface area contributed by atoms with Crippen molar-refractivity contribution in [3.63, 3.8) is 0 Å². The first-order chi connectivity index (χ1) is 9.03. The molecule has 0 bridgehead atoms. The molecule has 1 unspecified atom stereocenters. The summed E-state index contributed by atoms with van der Waals surface area (Å²) in [7, 11) is 0. The van der Waals surface area contributed by atoms with Gasteiger partial charge in [-0.05, 0) is 66.3 Å². The van der Waals surface area contributed by atoms with Crippen LogP contribution in [0.1, 0.15) is 36.1 Å². The Morgan fingerprint density at radius 1 is 1.32 bits per heavy atom. The molecule has 0 amide bonds. The summed E-state index contributed by atoms with van der Waals surface area (Å²) in [5, 5.41) is 1.90. The van der Waals surface area contributed by atoms with E-state index in [1.165, 1.54) is 27.8 Å². The standard InChI is InChI=1S/C18H24S/c1-6-8-17(12-19)15(5)11-18-10-14(4)13(3)9-16(18)7-2/h6-10,12,15,19H,2,11H2,1,3-5H3/b8-6-,17-12+. The fourth-order valence-electron chi connectivity index (χ4n) is 2.24. The van der Waals surface area contributed by atoms with Crippen molar-refractivity contribution in [1.29, 1.82) is 0 Å². The van der Waals surface area contributed by atoms with Gasteiger partial charge < -0.3 is 0 Å². The van der Waals surface area contributed by atoms with Crippen LogP contribution in [0, 0.1) is 19.8 Å². The second-order valence-corrected chi connectivity index (χ2v) is 5.33. The molecule has 0 radical (unpaired) electrons. The molecule has 0 heterocycles. The molecule has 0 N–H and O–H groups in total. The number of allylic oxidation sites excluding steroid dienone is 3. The lowest BCUT2D eigenvalue weighted by molar-refractivity contribution is 0.693. The van der Waals surface area contributed by atoms with Gasteiger partial charge in [0.2, 0.25) is 0 Å². The highest BCUT2D eigenvalue weighted by Gasteiger charge is 2.10. The minimum absolute atomic E-state index is 0.453. The van der Waals surface area contributed by atoms with Crippen molar-refractivity contribution < 1.29 is 0 Å². The zero-order chi connectivity index (χ0) is 14.4. The Kier molecular flexibility index (Phi) is 6.17. The van der Waals surface area contributed by atoms with Gasteiger partial charge in [0.25, 0.3) is 0 Å². The van der Waals surface area contributed by atoms with E-state index in [0.717, 1.165) is 6.42 Å². The minimum Gasteiger partial charge on any atom is -0.151 e. The molecule has 1 aromatic rings. The van der Waals surface area contributed by atoms with Gasteiger partial charge in [0.05, 0.1) is 0 Å². The van der Waals surface area contributed by atoms with Crippen molar-refractivity contribution in [2.24, 2.45) is 5.92 Å². The normalized spacial score (nSPS) is 13.8. The van der Waals surface area contributed by atoms with E-state index in [2.05, 4.69) is 64.3 Å². The highest BCUT2D eigenvalue weighted by atomic mass is 32.1. The monoisotopic (exact) mass is 272 g/mol. The van der Waals surface area contributed by atoms with Crippen molar-refractivity contribution in [2.45, 2.75) is 34.1 Å². The van der Waals surface area contributed by atoms with Crippen LogP contribution >= 0.6 is 12.6 Å². The van der Waals surface area contributed by atoms with Crippen molar-refractivity contribution in [2.75, 3.05) is 0 Å². The van der Waals surface area contributed by atoms with E-state index in [1.54, 1.807) is 0 Å². The summed E-state index contributed by atoms with van der Waals surface area (Å²) in [5.74, 6) is 0.453. The van der Waals surface area contributed by atoms with E-state index in [-0.39, 0.29) is 0 Å². The summed E-state index contributed by atoms with van der Waals surface area (Å²) in [6, 6.07) is 4.51. The van der Waals surface area contributed by atoms with Gasteiger partial charge in [-0.2, -0.15) is 12.6 Å². The molecule has 1 rings (SSSR count). The summed E-state index contributed by atoms with van der Waals surface area (Å²) in [6.45, 7) is 12.5. The number of benzene rings is 1. The molecule has 0 saturated heterocycles. The highest BCUT2D eigenvalue weighted by molar-refractivity contribution is 7.83. The molecular formula is C18H24S. The third-order valence-corrected chi connectivity index (χ3v) is 3.88. The molecule has 19 heavy (non-hydrogen) atoms. The average molecular weight is 272 g/mol. The number of thiol groups is 1. The molecule has 0 aliphatic carbocycles. The first-order valence-electron chi connectivity index (χ1n) is 6.73. The van der Waals surface area contributed by atoms with E-state index >= 15 is 0 Å². The van der Waals surface area contributed by atoms with Gasteiger partial charge in [-0.3, -0.25) is 0 Å². The molecule has 0 fully saturated rings. The SMILES string of the molecule is C=Cc1cc(C)c(C)cc1CC(C)C(/C=C\C)=C/S. The molecule has 102 valence electrons. The molecule has 1 heteroatoms. The van der Waals surface area contributed by atoms with E-state index in [1.807, 2.05) is 18.4 Å². The molecular weight excluding hydrogens is 248 g/mol. The Balaban J connectivity index is 3.05. The Labute approximate surface area is 123 Å². The average Bonchev–Trinajstić information content (AvgIpc) is 2.39. The van der Waals surface area contributed by atoms with Gasteiger partial charge in [0, 0.05) is 0 Å². The third kappa shape index (κ3) is 4.14. The summed E-state index contributed by atoms with van der Waals surface area (Å²) >= 11 is 4.31. The first-order valence-corrected chi connectivity index (χ1v) is 7.24. The lowest BCUT2D eigenvalue weighted by Crippen LogP contribution is -2.04. The van der Waals surface area contributed by atoms with Crippen LogP contribution in [0.2, 0.25) is 0 Å². The van der Waals surface area contributed by atoms with Gasteiger partial charge in [0.15, 0.2) is 0 Å². The Morgan fingerprint density at radius 3 is 2.47 bits per heavy atom. The van der Waals surface area contributed by atoms with Gasteiger partial charge >= 0.3 is 0 Å². The van der Waals surface area contributed by atoms with Crippen LogP contribution in [0.15, 0.2) is 41.8 Å². The third-order valence-electron chi connectivity index (χ3n) is 3.58. The zero-order valence-corrected chi connectivity index (χ0v) is 13.3. The molecule has 0 aliphatic heterocycles. The van der Waals surface area contributed by atoms with Crippen molar-refractivity contribution >= 4 is 18.7 Å². The molecule has 0 saturated carbocycles. The first kappa shape index (κ1) is 15.8. The van der Waals surface area contributed by atoms with Gasteiger partial charge in [0.1, 0.15) is 0 Å². The number of rotatable bonds is 5. The Hall–Kier alpha value is -1.21. The van der Waals surface area contributed by atoms with Crippen LogP contribution in [-0.4, -0.2) is 0 Å². The summed E-state index contributed by atoms with van der Waals surface area (Å²) < 4.78 is 0. The summed E-state index contributed by atoms with van der Waals surface area (Å²) in [5.41, 5.74) is 6.54. The topological polar surface area (TPSA) is 0 Å². The molecule has 1 aromatic carbocycles. The van der Waals surface area contributed by atoms with Crippen LogP contribution < -0.4 is 0 Å². The molecule has 1 atom stereocenters. The second kappa shape index (κ2) is 7.40. The summed E-state index contributed by atoms with van der Waals surface area (Å²) in [6.07, 6.45) is 7.16. The second-order valence-electron chi connectivity index (χ2n) is 5.07. The highest BCUT2D eigenvalue weighted by Crippen LogP contribution is 2.24. The van der Waals surface area contributed by atoms with Gasteiger partial charge in [-0.25, -0.2) is 0 Å². The maximum Gasteiger partial charge on any atom is -0.0145 e. The Morgan fingerprint density at radius 2 is 1.95 bits per heavy atom. The lowest BCUT2D eigenvalue weighted by atomic mass is 9.89. The van der Waals surface area contributed by atoms with E-state index in [9.17, 15) is 0 Å². The summed E-state index contributed by atoms with van der Waals surface area (Å²) in [4.78, 5) is 0. The fraction of sp³-hybridized carbons (Fsp3) is 0.333. The maximum absolute atomic E-state index is 4.31. The number of hydrogen-bond acceptors (Lipinski definition) is 1. The van der Waals surface area contributed by atoms with Crippen LogP contribution in [0.3, 0.4) is 0 Å². The van der Waals surface area contributed by atoms with Crippen molar-refractivity contribution in [3.8, 4) is 0 Å². The van der Waals surface area contributed by atoms with Gasteiger partial charge in [-0.15, -0.1) is 0 Å². The lowest BCUT2D eigenvalue weighted by Gasteiger charge is -2.16. The number of aryl methyl sites for hydroxylation is 2. The van der Waals surface area contributed by atoms with Crippen LogP contribution in [-0.2, 0) is 6.42 Å². The van der Waals surface area contributed by atoms with Crippen molar-refractivity contribution in [1.82, 2.24) is 0 Å². The predicted octanol–water partition coefficient (Wildman–Crippen LogP) is 5.51. The smallest absolute Gasteiger partial charge is 0.0145 e. The molecule has 0 aromatic heterocycles. The van der Waals surface area contributed by atoms with E-state index < -0.39 is 0 Å². The predicted molar refractivity (Wildman–Crippen MR) is 90.8 cm³/mol. The zero-order valence-electron chi connectivity index (χ0n) is 12.4. The van der Waals surface area contributed by atoms with E-state index in [4.69, 9.17) is 0 Å². The fourth-order valence-corrected chi connectivity index (χ4v) is 2.58. The van der Waals surface area contributed by atoms with Gasteiger partial charge in [-0.1, -0.05) is 43.9 Å². The molecule has 0 nitrogen and oxygen atoms in total. The minimum atomic E-state index is 0.453. The van der Waals surface area contributed by atoms with Crippen LogP contribution in [0.25, 0.3) is 6.08 Å². The molecule has 0 spiro atoms. The largest absolute Gasteiger partial charge is 0.151 e. The van der Waals surface area contributed by atoms with Crippen LogP contribution in [0.4, 0.5) is 0 Å². The van der Waals surface area contributed by atoms with E-state index in [0.29, 0.717) is 5.92 Å². The molecule has 0 aliphatic rings. The maximum atomic E-state index is 4.31. The van der Waals surface area contributed by atoms with Crippen molar-refractivity contribution in [3.05, 3.63) is 64.1 Å². The Bertz CT molecular complexity index is 507. The number of hydrogen-bond donors (Lipinski definition) is 1.